The highest BCUT2D eigenvalue weighted by atomic mass is 19.1. The van der Waals surface area contributed by atoms with Gasteiger partial charge in [0.2, 0.25) is 0 Å². The van der Waals surface area contributed by atoms with Gasteiger partial charge in [-0.25, -0.2) is 18.2 Å². The molecule has 1 saturated heterocycles. The maximum absolute atomic E-state index is 14.4. The van der Waals surface area contributed by atoms with Crippen molar-refractivity contribution in [2.75, 3.05) is 0 Å². The molecule has 0 unspecified atom stereocenters. The summed E-state index contributed by atoms with van der Waals surface area (Å²) in [6.07, 6.45) is 2.20. The first-order chi connectivity index (χ1) is 16.3. The Labute approximate surface area is 194 Å². The number of carbonyl (C=O) groups is 1. The van der Waals surface area contributed by atoms with Crippen LogP contribution in [0.15, 0.2) is 48.8 Å². The number of hydrogen-bond donors (Lipinski definition) is 2. The molecule has 3 heterocycles. The molecule has 0 aliphatic carbocycles. The molecule has 178 valence electrons. The van der Waals surface area contributed by atoms with Crippen LogP contribution in [0.3, 0.4) is 0 Å². The summed E-state index contributed by atoms with van der Waals surface area (Å²) in [5, 5.41) is 10.2. The van der Waals surface area contributed by atoms with Crippen molar-refractivity contribution in [3.8, 4) is 11.3 Å². The molecule has 1 aromatic carbocycles. The summed E-state index contributed by atoms with van der Waals surface area (Å²) >= 11 is 0. The van der Waals surface area contributed by atoms with Crippen molar-refractivity contribution in [3.63, 3.8) is 0 Å². The molecule has 0 bridgehead atoms. The minimum Gasteiger partial charge on any atom is -0.389 e. The molecule has 0 amide bonds. The molecule has 0 radical (unpaired) electrons. The average Bonchev–Trinajstić information content (AvgIpc) is 2.82. The number of Topliss-reactive ketones (excluding diaryl/α,β-unsaturated/α-hetero) is 1. The summed E-state index contributed by atoms with van der Waals surface area (Å²) in [5.41, 5.74) is 6.01. The number of carbonyl (C=O) groups excluding carboxylic acids is 1. The van der Waals surface area contributed by atoms with E-state index >= 15 is 0 Å². The van der Waals surface area contributed by atoms with Crippen LogP contribution in [0.2, 0.25) is 0 Å². The Bertz CT molecular complexity index is 1190. The van der Waals surface area contributed by atoms with Gasteiger partial charge in [0.15, 0.2) is 5.78 Å². The van der Waals surface area contributed by atoms with Crippen LogP contribution in [0.5, 0.6) is 0 Å². The third-order valence-electron chi connectivity index (χ3n) is 6.02. The molecular formula is C25H24F3N3O3. The lowest BCUT2D eigenvalue weighted by Crippen LogP contribution is -2.49. The van der Waals surface area contributed by atoms with Crippen molar-refractivity contribution in [1.82, 2.24) is 9.97 Å². The SMILES string of the molecule is CC[C@H]1O[C@@H](c2ccncc2CC(=O)c2ccc(F)c(-c3c(F)cccc3F)n2)C[C@@H](N)[C@@H]1O. The lowest BCUT2D eigenvalue weighted by Gasteiger charge is -2.38. The second kappa shape index (κ2) is 10.0. The van der Waals surface area contributed by atoms with Gasteiger partial charge < -0.3 is 15.6 Å². The van der Waals surface area contributed by atoms with E-state index in [9.17, 15) is 23.1 Å². The predicted octanol–water partition coefficient (Wildman–Crippen LogP) is 3.91. The minimum absolute atomic E-state index is 0.142. The summed E-state index contributed by atoms with van der Waals surface area (Å²) in [6, 6.07) is 6.51. The van der Waals surface area contributed by atoms with Crippen LogP contribution in [-0.4, -0.2) is 39.1 Å². The molecule has 9 heteroatoms. The monoisotopic (exact) mass is 471 g/mol. The van der Waals surface area contributed by atoms with Crippen LogP contribution >= 0.6 is 0 Å². The Kier molecular flexibility index (Phi) is 7.06. The summed E-state index contributed by atoms with van der Waals surface area (Å²) in [4.78, 5) is 21.1. The van der Waals surface area contributed by atoms with Crippen molar-refractivity contribution in [3.05, 3.63) is 83.1 Å². The van der Waals surface area contributed by atoms with E-state index in [-0.39, 0.29) is 12.1 Å². The number of hydrogen-bond acceptors (Lipinski definition) is 6. The Balaban J connectivity index is 1.63. The van der Waals surface area contributed by atoms with Crippen molar-refractivity contribution >= 4 is 5.78 Å². The fourth-order valence-electron chi connectivity index (χ4n) is 4.21. The van der Waals surface area contributed by atoms with Gasteiger partial charge in [0.1, 0.15) is 28.8 Å². The van der Waals surface area contributed by atoms with E-state index in [0.717, 1.165) is 24.3 Å². The van der Waals surface area contributed by atoms with E-state index in [2.05, 4.69) is 9.97 Å². The quantitative estimate of drug-likeness (QED) is 0.529. The molecule has 4 rings (SSSR count). The molecule has 0 spiro atoms. The molecule has 1 fully saturated rings. The number of ketones is 1. The number of halogens is 3. The maximum Gasteiger partial charge on any atom is 0.185 e. The van der Waals surface area contributed by atoms with Crippen LogP contribution in [0.4, 0.5) is 13.2 Å². The average molecular weight is 471 g/mol. The van der Waals surface area contributed by atoms with Gasteiger partial charge in [0, 0.05) is 24.9 Å². The number of nitrogens with two attached hydrogens (primary N) is 1. The Morgan fingerprint density at radius 3 is 2.59 bits per heavy atom. The number of rotatable bonds is 6. The lowest BCUT2D eigenvalue weighted by molar-refractivity contribution is -0.129. The highest BCUT2D eigenvalue weighted by Crippen LogP contribution is 2.34. The molecule has 0 saturated carbocycles. The minimum atomic E-state index is -0.982. The molecule has 1 aliphatic rings. The van der Waals surface area contributed by atoms with E-state index in [1.807, 2.05) is 6.92 Å². The van der Waals surface area contributed by atoms with E-state index < -0.39 is 58.8 Å². The molecule has 4 atom stereocenters. The van der Waals surface area contributed by atoms with Crippen molar-refractivity contribution in [2.24, 2.45) is 5.73 Å². The fourth-order valence-corrected chi connectivity index (χ4v) is 4.21. The first kappa shape index (κ1) is 24.0. The second-order valence-corrected chi connectivity index (χ2v) is 8.26. The van der Waals surface area contributed by atoms with Gasteiger partial charge in [-0.15, -0.1) is 0 Å². The molecule has 34 heavy (non-hydrogen) atoms. The Morgan fingerprint density at radius 2 is 1.88 bits per heavy atom. The number of nitrogens with zero attached hydrogens (tertiary/aromatic N) is 2. The van der Waals surface area contributed by atoms with Gasteiger partial charge in [-0.1, -0.05) is 13.0 Å². The van der Waals surface area contributed by atoms with E-state index in [0.29, 0.717) is 24.0 Å². The molecular weight excluding hydrogens is 447 g/mol. The summed E-state index contributed by atoms with van der Waals surface area (Å²) in [5.74, 6) is -3.40. The smallest absolute Gasteiger partial charge is 0.185 e. The zero-order valence-electron chi connectivity index (χ0n) is 18.4. The van der Waals surface area contributed by atoms with Crippen LogP contribution < -0.4 is 5.73 Å². The van der Waals surface area contributed by atoms with E-state index in [4.69, 9.17) is 10.5 Å². The zero-order chi connectivity index (χ0) is 24.4. The summed E-state index contributed by atoms with van der Waals surface area (Å²) in [7, 11) is 0. The number of aliphatic hydroxyl groups excluding tert-OH is 1. The van der Waals surface area contributed by atoms with Crippen LogP contribution in [0, 0.1) is 17.5 Å². The third kappa shape index (κ3) is 4.72. The number of aliphatic hydroxyl groups is 1. The summed E-state index contributed by atoms with van der Waals surface area (Å²) in [6.45, 7) is 1.89. The normalized spacial score (nSPS) is 22.5. The maximum atomic E-state index is 14.4. The standard InChI is InChI=1S/C25H24F3N3O3/c1-2-21-25(33)18(29)11-22(34-21)14-8-9-30-12-13(14)10-20(32)19-7-6-17(28)24(31-19)23-15(26)4-3-5-16(23)27/h3-9,12,18,21-22,25,33H,2,10-11,29H2,1H3/t18-,21-,22-,25+/m1/s1. The highest BCUT2D eigenvalue weighted by Gasteiger charge is 2.36. The lowest BCUT2D eigenvalue weighted by atomic mass is 9.89. The molecule has 1 aliphatic heterocycles. The molecule has 6 nitrogen and oxygen atoms in total. The third-order valence-corrected chi connectivity index (χ3v) is 6.02. The Morgan fingerprint density at radius 1 is 1.15 bits per heavy atom. The number of benzene rings is 1. The van der Waals surface area contributed by atoms with Gasteiger partial charge in [-0.3, -0.25) is 9.78 Å². The van der Waals surface area contributed by atoms with Gasteiger partial charge in [-0.05, 0) is 54.3 Å². The van der Waals surface area contributed by atoms with Crippen molar-refractivity contribution in [1.29, 1.82) is 0 Å². The van der Waals surface area contributed by atoms with Gasteiger partial charge in [-0.2, -0.15) is 0 Å². The van der Waals surface area contributed by atoms with Gasteiger partial charge in [0.25, 0.3) is 0 Å². The van der Waals surface area contributed by atoms with Gasteiger partial charge in [0.05, 0.1) is 23.9 Å². The van der Waals surface area contributed by atoms with Crippen molar-refractivity contribution in [2.45, 2.75) is 50.5 Å². The zero-order valence-corrected chi connectivity index (χ0v) is 18.4. The Hall–Kier alpha value is -3.14. The molecule has 3 aromatic rings. The molecule has 3 N–H and O–H groups in total. The predicted molar refractivity (Wildman–Crippen MR) is 118 cm³/mol. The van der Waals surface area contributed by atoms with Crippen LogP contribution in [0.1, 0.15) is 47.5 Å². The van der Waals surface area contributed by atoms with Crippen molar-refractivity contribution < 1.29 is 27.8 Å². The molecule has 2 aromatic heterocycles. The van der Waals surface area contributed by atoms with Gasteiger partial charge >= 0.3 is 0 Å². The van der Waals surface area contributed by atoms with Crippen LogP contribution in [-0.2, 0) is 11.2 Å². The number of aromatic nitrogens is 2. The van der Waals surface area contributed by atoms with E-state index in [1.165, 1.54) is 12.3 Å². The topological polar surface area (TPSA) is 98.3 Å². The largest absolute Gasteiger partial charge is 0.389 e. The number of pyridine rings is 2. The van der Waals surface area contributed by atoms with Crippen LogP contribution in [0.25, 0.3) is 11.3 Å². The fraction of sp³-hybridized carbons (Fsp3) is 0.320. The highest BCUT2D eigenvalue weighted by molar-refractivity contribution is 5.96. The first-order valence-corrected chi connectivity index (χ1v) is 11.0. The van der Waals surface area contributed by atoms with E-state index in [1.54, 1.807) is 12.3 Å². The number of ether oxygens (including phenoxy) is 1. The second-order valence-electron chi connectivity index (χ2n) is 8.26. The first-order valence-electron chi connectivity index (χ1n) is 11.0. The summed E-state index contributed by atoms with van der Waals surface area (Å²) < 4.78 is 48.8.